The Kier molecular flexibility index (Phi) is 3.32. The van der Waals surface area contributed by atoms with E-state index in [-0.39, 0.29) is 0 Å². The SMILES string of the molecule is Brc1c2ccccc2c(-c2ccc3ncccc3c2)c2ccccc12. The number of hydrogen-bond donors (Lipinski definition) is 0. The molecule has 1 aromatic heterocycles. The molecule has 0 fully saturated rings. The summed E-state index contributed by atoms with van der Waals surface area (Å²) in [6.07, 6.45) is 1.84. The van der Waals surface area contributed by atoms with E-state index in [1.54, 1.807) is 0 Å². The van der Waals surface area contributed by atoms with Crippen molar-refractivity contribution in [3.05, 3.63) is 89.5 Å². The Morgan fingerprint density at radius 2 is 1.28 bits per heavy atom. The normalized spacial score (nSPS) is 11.4. The van der Waals surface area contributed by atoms with Crippen molar-refractivity contribution >= 4 is 48.4 Å². The molecule has 0 aliphatic rings. The van der Waals surface area contributed by atoms with Crippen molar-refractivity contribution in [2.24, 2.45) is 0 Å². The summed E-state index contributed by atoms with van der Waals surface area (Å²) < 4.78 is 1.16. The van der Waals surface area contributed by atoms with Gasteiger partial charge < -0.3 is 0 Å². The van der Waals surface area contributed by atoms with Gasteiger partial charge in [-0.3, -0.25) is 4.98 Å². The van der Waals surface area contributed by atoms with Crippen LogP contribution in [0, 0.1) is 0 Å². The van der Waals surface area contributed by atoms with Gasteiger partial charge in [0.05, 0.1) is 5.52 Å². The molecule has 0 saturated carbocycles. The van der Waals surface area contributed by atoms with Crippen molar-refractivity contribution < 1.29 is 0 Å². The summed E-state index contributed by atoms with van der Waals surface area (Å²) in [5, 5.41) is 6.16. The monoisotopic (exact) mass is 383 g/mol. The highest BCUT2D eigenvalue weighted by atomic mass is 79.9. The van der Waals surface area contributed by atoms with E-state index in [9.17, 15) is 0 Å². The smallest absolute Gasteiger partial charge is 0.0702 e. The summed E-state index contributed by atoms with van der Waals surface area (Å²) in [6.45, 7) is 0. The summed E-state index contributed by atoms with van der Waals surface area (Å²) in [6, 6.07) is 27.8. The Bertz CT molecular complexity index is 1200. The largest absolute Gasteiger partial charge is 0.256 e. The number of hydrogen-bond acceptors (Lipinski definition) is 1. The number of benzene rings is 4. The van der Waals surface area contributed by atoms with Gasteiger partial charge in [0.15, 0.2) is 0 Å². The van der Waals surface area contributed by atoms with Crippen LogP contribution in [-0.4, -0.2) is 4.98 Å². The lowest BCUT2D eigenvalue weighted by Crippen LogP contribution is -1.88. The van der Waals surface area contributed by atoms with Gasteiger partial charge in [-0.25, -0.2) is 0 Å². The Labute approximate surface area is 154 Å². The number of nitrogens with zero attached hydrogens (tertiary/aromatic N) is 1. The molecule has 0 bridgehead atoms. The molecule has 0 radical (unpaired) electrons. The van der Waals surface area contributed by atoms with Gasteiger partial charge in [0.25, 0.3) is 0 Å². The summed E-state index contributed by atoms with van der Waals surface area (Å²) in [4.78, 5) is 4.45. The highest BCUT2D eigenvalue weighted by Crippen LogP contribution is 2.41. The first-order chi connectivity index (χ1) is 12.3. The van der Waals surface area contributed by atoms with Gasteiger partial charge >= 0.3 is 0 Å². The number of rotatable bonds is 1. The number of pyridine rings is 1. The lowest BCUT2D eigenvalue weighted by atomic mass is 9.91. The molecule has 0 spiro atoms. The van der Waals surface area contributed by atoms with Gasteiger partial charge in [-0.2, -0.15) is 0 Å². The first-order valence-corrected chi connectivity index (χ1v) is 9.06. The van der Waals surface area contributed by atoms with E-state index in [0.29, 0.717) is 0 Å². The second-order valence-electron chi connectivity index (χ2n) is 6.19. The van der Waals surface area contributed by atoms with Gasteiger partial charge in [-0.15, -0.1) is 0 Å². The molecule has 0 unspecified atom stereocenters. The first kappa shape index (κ1) is 14.6. The Morgan fingerprint density at radius 1 is 0.640 bits per heavy atom. The summed E-state index contributed by atoms with van der Waals surface area (Å²) in [7, 11) is 0. The van der Waals surface area contributed by atoms with Crippen LogP contribution < -0.4 is 0 Å². The number of fused-ring (bicyclic) bond motifs is 3. The van der Waals surface area contributed by atoms with E-state index in [4.69, 9.17) is 0 Å². The molecule has 2 heteroatoms. The van der Waals surface area contributed by atoms with Crippen molar-refractivity contribution in [3.63, 3.8) is 0 Å². The quantitative estimate of drug-likeness (QED) is 0.284. The van der Waals surface area contributed by atoms with Crippen LogP contribution >= 0.6 is 15.9 Å². The highest BCUT2D eigenvalue weighted by molar-refractivity contribution is 9.10. The Balaban J connectivity index is 1.97. The minimum atomic E-state index is 1.02. The molecule has 1 nitrogen and oxygen atoms in total. The molecular formula is C23H14BrN. The molecule has 118 valence electrons. The third-order valence-corrected chi connectivity index (χ3v) is 5.61. The molecule has 4 aromatic carbocycles. The molecule has 0 saturated heterocycles. The molecule has 1 heterocycles. The van der Waals surface area contributed by atoms with Gasteiger partial charge in [-0.1, -0.05) is 60.7 Å². The average molecular weight is 384 g/mol. The molecule has 25 heavy (non-hydrogen) atoms. The summed E-state index contributed by atoms with van der Waals surface area (Å²) in [5.74, 6) is 0. The van der Waals surface area contributed by atoms with Crippen LogP contribution in [0.4, 0.5) is 0 Å². The van der Waals surface area contributed by atoms with Crippen LogP contribution in [0.25, 0.3) is 43.6 Å². The molecule has 0 aliphatic heterocycles. The van der Waals surface area contributed by atoms with E-state index >= 15 is 0 Å². The fourth-order valence-corrected chi connectivity index (χ4v) is 4.31. The predicted octanol–water partition coefficient (Wildman–Crippen LogP) is 6.97. The van der Waals surface area contributed by atoms with Crippen molar-refractivity contribution in [1.82, 2.24) is 4.98 Å². The molecule has 0 atom stereocenters. The molecular weight excluding hydrogens is 370 g/mol. The zero-order valence-electron chi connectivity index (χ0n) is 13.4. The van der Waals surface area contributed by atoms with E-state index in [0.717, 1.165) is 15.4 Å². The maximum Gasteiger partial charge on any atom is 0.0702 e. The lowest BCUT2D eigenvalue weighted by Gasteiger charge is -2.14. The molecule has 0 aliphatic carbocycles. The lowest BCUT2D eigenvalue weighted by molar-refractivity contribution is 1.41. The highest BCUT2D eigenvalue weighted by Gasteiger charge is 2.13. The Hall–Kier alpha value is -2.71. The van der Waals surface area contributed by atoms with E-state index in [1.807, 2.05) is 12.3 Å². The van der Waals surface area contributed by atoms with Crippen LogP contribution in [0.1, 0.15) is 0 Å². The minimum Gasteiger partial charge on any atom is -0.256 e. The molecule has 0 N–H and O–H groups in total. The van der Waals surface area contributed by atoms with Crippen molar-refractivity contribution in [1.29, 1.82) is 0 Å². The van der Waals surface area contributed by atoms with Gasteiger partial charge in [0, 0.05) is 16.1 Å². The zero-order valence-corrected chi connectivity index (χ0v) is 15.0. The third-order valence-electron chi connectivity index (χ3n) is 4.76. The predicted molar refractivity (Wildman–Crippen MR) is 110 cm³/mol. The molecule has 5 rings (SSSR count). The van der Waals surface area contributed by atoms with Crippen LogP contribution in [-0.2, 0) is 0 Å². The van der Waals surface area contributed by atoms with Crippen LogP contribution in [0.2, 0.25) is 0 Å². The summed E-state index contributed by atoms with van der Waals surface area (Å²) >= 11 is 3.82. The van der Waals surface area contributed by atoms with E-state index < -0.39 is 0 Å². The van der Waals surface area contributed by atoms with Crippen LogP contribution in [0.3, 0.4) is 0 Å². The first-order valence-electron chi connectivity index (χ1n) is 8.27. The topological polar surface area (TPSA) is 12.9 Å². The van der Waals surface area contributed by atoms with Crippen molar-refractivity contribution in [3.8, 4) is 11.1 Å². The average Bonchev–Trinajstić information content (AvgIpc) is 2.68. The van der Waals surface area contributed by atoms with Gasteiger partial charge in [-0.05, 0) is 66.8 Å². The fourth-order valence-electron chi connectivity index (χ4n) is 3.62. The number of halogens is 1. The maximum absolute atomic E-state index is 4.45. The standard InChI is InChI=1S/C23H14BrN/c24-23-19-9-3-1-7-17(19)22(18-8-2-4-10-20(18)23)16-11-12-21-15(14-16)6-5-13-25-21/h1-14H. The molecule has 5 aromatic rings. The third kappa shape index (κ3) is 2.25. The Morgan fingerprint density at radius 3 is 1.96 bits per heavy atom. The van der Waals surface area contributed by atoms with Crippen LogP contribution in [0.15, 0.2) is 89.5 Å². The zero-order chi connectivity index (χ0) is 16.8. The second-order valence-corrected chi connectivity index (χ2v) is 6.98. The number of aromatic nitrogens is 1. The fraction of sp³-hybridized carbons (Fsp3) is 0. The van der Waals surface area contributed by atoms with E-state index in [2.05, 4.69) is 93.7 Å². The minimum absolute atomic E-state index is 1.02. The van der Waals surface area contributed by atoms with Crippen LogP contribution in [0.5, 0.6) is 0 Å². The van der Waals surface area contributed by atoms with Gasteiger partial charge in [0.2, 0.25) is 0 Å². The summed E-state index contributed by atoms with van der Waals surface area (Å²) in [5.41, 5.74) is 3.53. The van der Waals surface area contributed by atoms with Gasteiger partial charge in [0.1, 0.15) is 0 Å². The van der Waals surface area contributed by atoms with Crippen molar-refractivity contribution in [2.45, 2.75) is 0 Å². The second kappa shape index (κ2) is 5.68. The maximum atomic E-state index is 4.45. The van der Waals surface area contributed by atoms with Crippen molar-refractivity contribution in [2.75, 3.05) is 0 Å². The molecule has 0 amide bonds. The van der Waals surface area contributed by atoms with E-state index in [1.165, 1.54) is 32.7 Å².